The van der Waals surface area contributed by atoms with Crippen LogP contribution in [0.1, 0.15) is 13.8 Å². The van der Waals surface area contributed by atoms with Crippen molar-refractivity contribution in [3.8, 4) is 0 Å². The summed E-state index contributed by atoms with van der Waals surface area (Å²) in [4.78, 5) is 0. The summed E-state index contributed by atoms with van der Waals surface area (Å²) in [6.45, 7) is 4.70. The van der Waals surface area contributed by atoms with Gasteiger partial charge in [0.25, 0.3) is 0 Å². The molecule has 4 heterocycles. The maximum absolute atomic E-state index is 2.35. The smallest absolute Gasteiger partial charge is 0.0718 e. The lowest BCUT2D eigenvalue weighted by molar-refractivity contribution is 0.941. The predicted molar refractivity (Wildman–Crippen MR) is 110 cm³/mol. The summed E-state index contributed by atoms with van der Waals surface area (Å²) < 4.78 is 9.28. The van der Waals surface area contributed by atoms with Crippen LogP contribution in [0.4, 0.5) is 0 Å². The fourth-order valence-electron chi connectivity index (χ4n) is 1.83. The molecule has 0 aromatic rings. The van der Waals surface area contributed by atoms with Crippen LogP contribution in [0.3, 0.4) is 0 Å². The predicted octanol–water partition coefficient (Wildman–Crippen LogP) is 7.06. The van der Waals surface area contributed by atoms with Crippen LogP contribution in [-0.2, 0) is 0 Å². The zero-order valence-corrected chi connectivity index (χ0v) is 17.4. The minimum Gasteiger partial charge on any atom is -0.117 e. The molecule has 20 heavy (non-hydrogen) atoms. The maximum Gasteiger partial charge on any atom is 0.0718 e. The van der Waals surface area contributed by atoms with Crippen molar-refractivity contribution in [2.75, 3.05) is 11.5 Å². The average molecular weight is 413 g/mol. The van der Waals surface area contributed by atoms with Crippen molar-refractivity contribution in [3.63, 3.8) is 0 Å². The van der Waals surface area contributed by atoms with Crippen molar-refractivity contribution in [1.29, 1.82) is 0 Å². The highest BCUT2D eigenvalue weighted by molar-refractivity contribution is 8.49. The monoisotopic (exact) mass is 412 g/mol. The summed E-state index contributed by atoms with van der Waals surface area (Å²) in [5.74, 6) is 2.57. The molecule has 2 fully saturated rings. The Balaban J connectivity index is 1.48. The van der Waals surface area contributed by atoms with Gasteiger partial charge in [-0.3, -0.25) is 0 Å². The van der Waals surface area contributed by atoms with E-state index in [1.165, 1.54) is 24.2 Å². The number of rotatable bonds is 0. The Kier molecular flexibility index (Phi) is 5.05. The second kappa shape index (κ2) is 6.49. The van der Waals surface area contributed by atoms with Crippen LogP contribution >= 0.6 is 94.1 Å². The van der Waals surface area contributed by atoms with E-state index in [-0.39, 0.29) is 0 Å². The molecule has 0 nitrogen and oxygen atoms in total. The molecule has 2 saturated heterocycles. The van der Waals surface area contributed by atoms with Gasteiger partial charge in [0.1, 0.15) is 0 Å². The van der Waals surface area contributed by atoms with Crippen LogP contribution in [-0.4, -0.2) is 22.0 Å². The van der Waals surface area contributed by atoms with Crippen LogP contribution in [0.2, 0.25) is 0 Å². The van der Waals surface area contributed by atoms with Crippen LogP contribution in [0.5, 0.6) is 0 Å². The van der Waals surface area contributed by atoms with E-state index in [1.54, 1.807) is 12.7 Å². The van der Waals surface area contributed by atoms with E-state index >= 15 is 0 Å². The van der Waals surface area contributed by atoms with Crippen LogP contribution in [0.15, 0.2) is 25.4 Å². The van der Waals surface area contributed by atoms with E-state index in [4.69, 9.17) is 0 Å². The molecular formula is C12H12S8. The van der Waals surface area contributed by atoms with Gasteiger partial charge in [0.2, 0.25) is 0 Å². The average Bonchev–Trinajstić information content (AvgIpc) is 3.12. The van der Waals surface area contributed by atoms with Crippen LogP contribution in [0, 0.1) is 0 Å². The molecule has 4 aliphatic heterocycles. The Morgan fingerprint density at radius 1 is 0.600 bits per heavy atom. The van der Waals surface area contributed by atoms with E-state index in [9.17, 15) is 0 Å². The van der Waals surface area contributed by atoms with Gasteiger partial charge in [-0.2, -0.15) is 0 Å². The lowest BCUT2D eigenvalue weighted by Crippen LogP contribution is -2.04. The summed E-state index contributed by atoms with van der Waals surface area (Å²) in [6, 6.07) is 0. The van der Waals surface area contributed by atoms with Gasteiger partial charge in [0.15, 0.2) is 0 Å². The van der Waals surface area contributed by atoms with Gasteiger partial charge in [0, 0.05) is 22.0 Å². The summed E-state index contributed by atoms with van der Waals surface area (Å²) in [5, 5.41) is 1.51. The highest BCUT2D eigenvalue weighted by Gasteiger charge is 2.36. The molecule has 0 aromatic heterocycles. The molecular weight excluding hydrogens is 401 g/mol. The van der Waals surface area contributed by atoms with Crippen LogP contribution in [0.25, 0.3) is 0 Å². The van der Waals surface area contributed by atoms with E-state index in [2.05, 4.69) is 37.4 Å². The van der Waals surface area contributed by atoms with Crippen molar-refractivity contribution in [2.24, 2.45) is 0 Å². The Labute approximate surface area is 154 Å². The lowest BCUT2D eigenvalue weighted by Gasteiger charge is -2.06. The number of hydrogen-bond donors (Lipinski definition) is 0. The van der Waals surface area contributed by atoms with Crippen molar-refractivity contribution in [3.05, 3.63) is 25.4 Å². The first kappa shape index (κ1) is 15.5. The Morgan fingerprint density at radius 2 is 1.00 bits per heavy atom. The quantitative estimate of drug-likeness (QED) is 0.409. The van der Waals surface area contributed by atoms with Gasteiger partial charge in [-0.15, -0.1) is 47.0 Å². The molecule has 108 valence electrons. The molecule has 0 saturated carbocycles. The van der Waals surface area contributed by atoms with Gasteiger partial charge in [-0.05, 0) is 0 Å². The molecule has 0 unspecified atom stereocenters. The standard InChI is InChI=1S/C12H12S8/c1-5-6(2)16-9(15-5)10-19-11-12(20-10)18-8(17-11)7-13-3-4-14-7/h5-6H,3-4H2,1-2H3/t5-,6+. The summed E-state index contributed by atoms with van der Waals surface area (Å²) in [5.41, 5.74) is 0. The fraction of sp³-hybridized carbons (Fsp3) is 0.500. The third-order valence-electron chi connectivity index (χ3n) is 3.04. The summed E-state index contributed by atoms with van der Waals surface area (Å²) in [7, 11) is 0. The Morgan fingerprint density at radius 3 is 1.50 bits per heavy atom. The first-order valence-electron chi connectivity index (χ1n) is 6.24. The molecule has 0 N–H and O–H groups in total. The third kappa shape index (κ3) is 3.01. The Bertz CT molecular complexity index is 504. The van der Waals surface area contributed by atoms with Crippen molar-refractivity contribution >= 4 is 94.1 Å². The lowest BCUT2D eigenvalue weighted by atomic mass is 10.4. The van der Waals surface area contributed by atoms with Gasteiger partial charge in [-0.25, -0.2) is 0 Å². The molecule has 2 atom stereocenters. The van der Waals surface area contributed by atoms with E-state index in [0.29, 0.717) is 0 Å². The highest BCUT2D eigenvalue weighted by Crippen LogP contribution is 2.70. The Hall–Kier alpha value is 2.02. The summed E-state index contributed by atoms with van der Waals surface area (Å²) >= 11 is 16.3. The topological polar surface area (TPSA) is 0 Å². The SMILES string of the molecule is C[C@@H]1SC(=C2SC3=C(SC(=C4SCCS4)S3)S2)S[C@@H]1C. The van der Waals surface area contributed by atoms with Crippen LogP contribution < -0.4 is 0 Å². The highest BCUT2D eigenvalue weighted by atomic mass is 32.3. The minimum atomic E-state index is 0.753. The van der Waals surface area contributed by atoms with E-state index < -0.39 is 0 Å². The molecule has 0 radical (unpaired) electrons. The molecule has 0 aliphatic carbocycles. The number of thioether (sulfide) groups is 8. The second-order valence-corrected chi connectivity index (χ2v) is 15.1. The largest absolute Gasteiger partial charge is 0.117 e. The molecule has 0 bridgehead atoms. The number of hydrogen-bond acceptors (Lipinski definition) is 8. The fourth-order valence-corrected chi connectivity index (χ4v) is 14.6. The zero-order valence-electron chi connectivity index (χ0n) is 10.8. The molecule has 8 heteroatoms. The molecule has 0 amide bonds. The van der Waals surface area contributed by atoms with Gasteiger partial charge in [-0.1, -0.05) is 60.9 Å². The molecule has 0 spiro atoms. The van der Waals surface area contributed by atoms with Crippen molar-refractivity contribution in [2.45, 2.75) is 24.3 Å². The first-order chi connectivity index (χ1) is 9.70. The first-order valence-corrected chi connectivity index (χ1v) is 13.2. The van der Waals surface area contributed by atoms with Crippen molar-refractivity contribution < 1.29 is 0 Å². The normalized spacial score (nSPS) is 33.9. The van der Waals surface area contributed by atoms with E-state index in [1.807, 2.05) is 70.6 Å². The van der Waals surface area contributed by atoms with Gasteiger partial charge in [0.05, 0.1) is 25.4 Å². The molecule has 4 rings (SSSR count). The minimum absolute atomic E-state index is 0.753. The molecule has 4 aliphatic rings. The third-order valence-corrected chi connectivity index (χ3v) is 15.6. The zero-order chi connectivity index (χ0) is 13.7. The van der Waals surface area contributed by atoms with Gasteiger partial charge < -0.3 is 0 Å². The summed E-state index contributed by atoms with van der Waals surface area (Å²) in [6.07, 6.45) is 0. The van der Waals surface area contributed by atoms with Gasteiger partial charge >= 0.3 is 0 Å². The maximum atomic E-state index is 2.35. The van der Waals surface area contributed by atoms with E-state index in [0.717, 1.165) is 10.5 Å². The van der Waals surface area contributed by atoms with Crippen molar-refractivity contribution in [1.82, 2.24) is 0 Å². The molecule has 0 aromatic carbocycles. The second-order valence-electron chi connectivity index (χ2n) is 4.48.